The zero-order valence-corrected chi connectivity index (χ0v) is 13.7. The number of hydrazone groups is 1. The van der Waals surface area contributed by atoms with Gasteiger partial charge in [0.05, 0.1) is 12.8 Å². The van der Waals surface area contributed by atoms with E-state index in [-0.39, 0.29) is 5.78 Å². The molecule has 1 N–H and O–H groups in total. The van der Waals surface area contributed by atoms with Crippen molar-refractivity contribution in [3.05, 3.63) is 53.6 Å². The van der Waals surface area contributed by atoms with Crippen LogP contribution in [0.4, 0.5) is 5.69 Å². The highest BCUT2D eigenvalue weighted by atomic mass is 35.5. The van der Waals surface area contributed by atoms with E-state index in [4.69, 9.17) is 16.3 Å². The minimum atomic E-state index is -0.119. The summed E-state index contributed by atoms with van der Waals surface area (Å²) in [5.74, 6) is 0.639. The molecule has 6 heteroatoms. The minimum Gasteiger partial charge on any atom is -0.497 e. The number of ether oxygens (including phenoxy) is 1. The largest absolute Gasteiger partial charge is 0.497 e. The van der Waals surface area contributed by atoms with Crippen LogP contribution in [0.25, 0.3) is 0 Å². The number of thioether (sulfide) groups is 1. The third-order valence-electron chi connectivity index (χ3n) is 2.69. The van der Waals surface area contributed by atoms with E-state index < -0.39 is 0 Å². The first-order valence-corrected chi connectivity index (χ1v) is 7.70. The first-order chi connectivity index (χ1) is 10.6. The van der Waals surface area contributed by atoms with Crippen molar-refractivity contribution >= 4 is 39.9 Å². The molecule has 0 aliphatic rings. The van der Waals surface area contributed by atoms with Crippen molar-refractivity contribution < 1.29 is 9.53 Å². The molecule has 2 aromatic carbocycles. The Morgan fingerprint density at radius 3 is 2.55 bits per heavy atom. The molecule has 0 heterocycles. The average Bonchev–Trinajstić information content (AvgIpc) is 2.51. The number of nitrogens with zero attached hydrogens (tertiary/aromatic N) is 1. The normalized spacial score (nSPS) is 11.1. The van der Waals surface area contributed by atoms with Crippen molar-refractivity contribution in [1.29, 1.82) is 0 Å². The Kier molecular flexibility index (Phi) is 5.86. The van der Waals surface area contributed by atoms with Gasteiger partial charge in [-0.2, -0.15) is 5.10 Å². The maximum atomic E-state index is 11.7. The number of carbonyl (C=O) groups excluding carboxylic acids is 1. The molecule has 0 aliphatic carbocycles. The molecule has 0 radical (unpaired) electrons. The Labute approximate surface area is 138 Å². The number of ketones is 1. The highest BCUT2D eigenvalue weighted by Crippen LogP contribution is 2.24. The van der Waals surface area contributed by atoms with Crippen LogP contribution < -0.4 is 10.2 Å². The standard InChI is InChI=1S/C16H15ClN2O2S/c1-11(20)16(22-15-5-3-4-12(17)10-15)19-18-13-6-8-14(21-2)9-7-13/h3-10,18H,1-2H3/b19-16+. The van der Waals surface area contributed by atoms with Gasteiger partial charge in [0.2, 0.25) is 0 Å². The molecule has 0 aliphatic heterocycles. The molecule has 114 valence electrons. The maximum absolute atomic E-state index is 11.7. The van der Waals surface area contributed by atoms with Gasteiger partial charge in [0, 0.05) is 16.8 Å². The number of nitrogens with one attached hydrogen (secondary N) is 1. The Morgan fingerprint density at radius 1 is 1.23 bits per heavy atom. The molecule has 22 heavy (non-hydrogen) atoms. The molecule has 0 aromatic heterocycles. The van der Waals surface area contributed by atoms with E-state index in [9.17, 15) is 4.79 Å². The lowest BCUT2D eigenvalue weighted by Gasteiger charge is -2.06. The van der Waals surface area contributed by atoms with E-state index in [1.165, 1.54) is 18.7 Å². The summed E-state index contributed by atoms with van der Waals surface area (Å²) in [6.07, 6.45) is 0. The van der Waals surface area contributed by atoms with Crippen molar-refractivity contribution in [2.75, 3.05) is 12.5 Å². The third kappa shape index (κ3) is 4.79. The van der Waals surface area contributed by atoms with Crippen LogP contribution in [0.15, 0.2) is 58.5 Å². The molecule has 0 amide bonds. The Hall–Kier alpha value is -1.98. The van der Waals surface area contributed by atoms with Gasteiger partial charge in [0.15, 0.2) is 10.8 Å². The van der Waals surface area contributed by atoms with Crippen LogP contribution in [0.5, 0.6) is 5.75 Å². The van der Waals surface area contributed by atoms with Crippen LogP contribution in [-0.2, 0) is 4.79 Å². The number of benzene rings is 2. The van der Waals surface area contributed by atoms with E-state index in [1.807, 2.05) is 36.4 Å². The van der Waals surface area contributed by atoms with Gasteiger partial charge in [-0.25, -0.2) is 0 Å². The number of halogens is 1. The van der Waals surface area contributed by atoms with Crippen LogP contribution in [0.1, 0.15) is 6.92 Å². The number of methoxy groups -OCH3 is 1. The van der Waals surface area contributed by atoms with Crippen LogP contribution in [0, 0.1) is 0 Å². The Balaban J connectivity index is 2.11. The monoisotopic (exact) mass is 334 g/mol. The average molecular weight is 335 g/mol. The number of hydrogen-bond acceptors (Lipinski definition) is 5. The minimum absolute atomic E-state index is 0.119. The molecule has 0 atom stereocenters. The smallest absolute Gasteiger partial charge is 0.186 e. The number of Topliss-reactive ketones (excluding diaryl/α,β-unsaturated/α-hetero) is 1. The Bertz CT molecular complexity index is 687. The predicted octanol–water partition coefficient (Wildman–Crippen LogP) is 4.46. The second kappa shape index (κ2) is 7.87. The second-order valence-corrected chi connectivity index (χ2v) is 5.87. The van der Waals surface area contributed by atoms with E-state index >= 15 is 0 Å². The van der Waals surface area contributed by atoms with Gasteiger partial charge in [-0.3, -0.25) is 10.2 Å². The van der Waals surface area contributed by atoms with E-state index in [2.05, 4.69) is 10.5 Å². The van der Waals surface area contributed by atoms with Crippen LogP contribution in [0.2, 0.25) is 5.02 Å². The van der Waals surface area contributed by atoms with E-state index in [0.29, 0.717) is 10.1 Å². The van der Waals surface area contributed by atoms with Gasteiger partial charge in [-0.1, -0.05) is 29.4 Å². The summed E-state index contributed by atoms with van der Waals surface area (Å²) < 4.78 is 5.09. The molecule has 4 nitrogen and oxygen atoms in total. The first kappa shape index (κ1) is 16.4. The lowest BCUT2D eigenvalue weighted by Crippen LogP contribution is -2.08. The van der Waals surface area contributed by atoms with Crippen molar-refractivity contribution in [2.24, 2.45) is 5.10 Å². The van der Waals surface area contributed by atoms with Crippen molar-refractivity contribution in [1.82, 2.24) is 0 Å². The number of anilines is 1. The Morgan fingerprint density at radius 2 is 1.95 bits per heavy atom. The van der Waals surface area contributed by atoms with E-state index in [1.54, 1.807) is 19.2 Å². The fraction of sp³-hybridized carbons (Fsp3) is 0.125. The van der Waals surface area contributed by atoms with Gasteiger partial charge < -0.3 is 4.74 Å². The van der Waals surface area contributed by atoms with Gasteiger partial charge in [-0.15, -0.1) is 0 Å². The molecule has 2 rings (SSSR count). The summed E-state index contributed by atoms with van der Waals surface area (Å²) >= 11 is 7.21. The van der Waals surface area contributed by atoms with Crippen molar-refractivity contribution in [2.45, 2.75) is 11.8 Å². The zero-order valence-electron chi connectivity index (χ0n) is 12.2. The third-order valence-corrected chi connectivity index (χ3v) is 3.99. The summed E-state index contributed by atoms with van der Waals surface area (Å²) in [5.41, 5.74) is 3.64. The number of carbonyl (C=O) groups is 1. The quantitative estimate of drug-likeness (QED) is 0.380. The fourth-order valence-electron chi connectivity index (χ4n) is 1.60. The summed E-state index contributed by atoms with van der Waals surface area (Å²) in [6, 6.07) is 14.6. The predicted molar refractivity (Wildman–Crippen MR) is 92.0 cm³/mol. The lowest BCUT2D eigenvalue weighted by atomic mass is 10.3. The summed E-state index contributed by atoms with van der Waals surface area (Å²) in [4.78, 5) is 12.6. The maximum Gasteiger partial charge on any atom is 0.186 e. The molecule has 0 saturated carbocycles. The van der Waals surface area contributed by atoms with Crippen LogP contribution >= 0.6 is 23.4 Å². The SMILES string of the molecule is COc1ccc(N/N=C(/Sc2cccc(Cl)c2)C(C)=O)cc1. The molecule has 0 fully saturated rings. The topological polar surface area (TPSA) is 50.7 Å². The zero-order chi connectivity index (χ0) is 15.9. The van der Waals surface area contributed by atoms with Gasteiger partial charge >= 0.3 is 0 Å². The molecule has 0 saturated heterocycles. The molecule has 2 aromatic rings. The molecule has 0 unspecified atom stereocenters. The number of rotatable bonds is 5. The van der Waals surface area contributed by atoms with Gasteiger partial charge in [-0.05, 0) is 42.5 Å². The summed E-state index contributed by atoms with van der Waals surface area (Å²) in [6.45, 7) is 1.48. The fourth-order valence-corrected chi connectivity index (χ4v) is 2.64. The highest BCUT2D eigenvalue weighted by Gasteiger charge is 2.09. The second-order valence-electron chi connectivity index (χ2n) is 4.37. The lowest BCUT2D eigenvalue weighted by molar-refractivity contribution is -0.110. The van der Waals surface area contributed by atoms with Crippen molar-refractivity contribution in [3.8, 4) is 5.75 Å². The summed E-state index contributed by atoms with van der Waals surface area (Å²) in [7, 11) is 1.61. The first-order valence-electron chi connectivity index (χ1n) is 6.50. The summed E-state index contributed by atoms with van der Waals surface area (Å²) in [5, 5.41) is 5.15. The van der Waals surface area contributed by atoms with E-state index in [0.717, 1.165) is 16.3 Å². The van der Waals surface area contributed by atoms with Crippen molar-refractivity contribution in [3.63, 3.8) is 0 Å². The number of hydrogen-bond donors (Lipinski definition) is 1. The van der Waals surface area contributed by atoms with Crippen LogP contribution in [0.3, 0.4) is 0 Å². The molecule has 0 spiro atoms. The van der Waals surface area contributed by atoms with Crippen LogP contribution in [-0.4, -0.2) is 17.9 Å². The molecule has 0 bridgehead atoms. The van der Waals surface area contributed by atoms with Gasteiger partial charge in [0.1, 0.15) is 5.75 Å². The highest BCUT2D eigenvalue weighted by molar-refractivity contribution is 8.15. The van der Waals surface area contributed by atoms with Gasteiger partial charge in [0.25, 0.3) is 0 Å². The molecular weight excluding hydrogens is 320 g/mol. The molecular formula is C16H15ClN2O2S.